The number of nitrogens with one attached hydrogen (secondary N) is 2. The van der Waals surface area contributed by atoms with Crippen molar-refractivity contribution in [3.05, 3.63) is 102 Å². The van der Waals surface area contributed by atoms with Gasteiger partial charge in [-0.2, -0.15) is 0 Å². The van der Waals surface area contributed by atoms with Gasteiger partial charge in [0.2, 0.25) is 0 Å². The lowest BCUT2D eigenvalue weighted by Crippen LogP contribution is -2.04. The summed E-state index contributed by atoms with van der Waals surface area (Å²) < 4.78 is 5.32. The van der Waals surface area contributed by atoms with Crippen molar-refractivity contribution in [3.63, 3.8) is 0 Å². The Kier molecular flexibility index (Phi) is 4.13. The average molecular weight is 366 g/mol. The molecule has 0 spiro atoms. The fourth-order valence-corrected chi connectivity index (χ4v) is 4.15. The molecule has 0 fully saturated rings. The van der Waals surface area contributed by atoms with Crippen LogP contribution in [0.1, 0.15) is 22.6 Å². The van der Waals surface area contributed by atoms with Crippen LogP contribution in [-0.2, 0) is 6.42 Å². The number of hydrogen-bond donors (Lipinski definition) is 2. The first-order valence-corrected chi connectivity index (χ1v) is 9.58. The SMILES string of the molecule is COc1ccc(CC(c2c[nH]c3ccccc23)c2c[nH]c3ccccc23)cc1. The van der Waals surface area contributed by atoms with Gasteiger partial charge >= 0.3 is 0 Å². The van der Waals surface area contributed by atoms with E-state index in [4.69, 9.17) is 4.74 Å². The second-order valence-electron chi connectivity index (χ2n) is 7.18. The first-order valence-electron chi connectivity index (χ1n) is 9.58. The van der Waals surface area contributed by atoms with Crippen molar-refractivity contribution in [2.45, 2.75) is 12.3 Å². The molecule has 3 nitrogen and oxygen atoms in total. The number of methoxy groups -OCH3 is 1. The smallest absolute Gasteiger partial charge is 0.118 e. The number of hydrogen-bond acceptors (Lipinski definition) is 1. The van der Waals surface area contributed by atoms with Crippen molar-refractivity contribution in [2.24, 2.45) is 0 Å². The van der Waals surface area contributed by atoms with Gasteiger partial charge in [-0.3, -0.25) is 0 Å². The van der Waals surface area contributed by atoms with Gasteiger partial charge in [-0.05, 0) is 47.4 Å². The summed E-state index contributed by atoms with van der Waals surface area (Å²) in [6.45, 7) is 0. The highest BCUT2D eigenvalue weighted by atomic mass is 16.5. The van der Waals surface area contributed by atoms with E-state index in [2.05, 4.69) is 83.0 Å². The van der Waals surface area contributed by atoms with Crippen LogP contribution in [0.25, 0.3) is 21.8 Å². The third-order valence-corrected chi connectivity index (χ3v) is 5.59. The van der Waals surface area contributed by atoms with E-state index in [9.17, 15) is 0 Å². The van der Waals surface area contributed by atoms with Crippen molar-refractivity contribution in [1.82, 2.24) is 9.97 Å². The van der Waals surface area contributed by atoms with Crippen LogP contribution in [-0.4, -0.2) is 17.1 Å². The highest BCUT2D eigenvalue weighted by Gasteiger charge is 2.21. The summed E-state index contributed by atoms with van der Waals surface area (Å²) in [6, 6.07) is 25.5. The van der Waals surface area contributed by atoms with Gasteiger partial charge < -0.3 is 14.7 Å². The number of benzene rings is 3. The van der Waals surface area contributed by atoms with Crippen molar-refractivity contribution in [1.29, 1.82) is 0 Å². The van der Waals surface area contributed by atoms with Gasteiger partial charge in [0.1, 0.15) is 5.75 Å². The largest absolute Gasteiger partial charge is 0.497 e. The molecule has 0 atom stereocenters. The maximum atomic E-state index is 5.32. The van der Waals surface area contributed by atoms with Crippen LogP contribution < -0.4 is 4.74 Å². The number of ether oxygens (including phenoxy) is 1. The molecular formula is C25H22N2O. The Morgan fingerprint density at radius 1 is 0.714 bits per heavy atom. The molecular weight excluding hydrogens is 344 g/mol. The zero-order chi connectivity index (χ0) is 18.9. The number of aromatic amines is 2. The first-order chi connectivity index (χ1) is 13.8. The van der Waals surface area contributed by atoms with Crippen LogP contribution in [0.4, 0.5) is 0 Å². The second-order valence-corrected chi connectivity index (χ2v) is 7.18. The fourth-order valence-electron chi connectivity index (χ4n) is 4.15. The summed E-state index contributed by atoms with van der Waals surface area (Å²) in [5.74, 6) is 1.14. The topological polar surface area (TPSA) is 40.8 Å². The predicted octanol–water partition coefficient (Wildman–Crippen LogP) is 6.03. The highest BCUT2D eigenvalue weighted by molar-refractivity contribution is 5.88. The van der Waals surface area contributed by atoms with Gasteiger partial charge in [0.05, 0.1) is 7.11 Å². The Bertz CT molecular complexity index is 1160. The van der Waals surface area contributed by atoms with Gasteiger partial charge in [0, 0.05) is 40.1 Å². The molecule has 28 heavy (non-hydrogen) atoms. The van der Waals surface area contributed by atoms with Gasteiger partial charge in [0.15, 0.2) is 0 Å². The minimum absolute atomic E-state index is 0.251. The number of para-hydroxylation sites is 2. The van der Waals surface area contributed by atoms with Crippen molar-refractivity contribution in [2.75, 3.05) is 7.11 Å². The normalized spacial score (nSPS) is 11.5. The van der Waals surface area contributed by atoms with Gasteiger partial charge in [-0.15, -0.1) is 0 Å². The lowest BCUT2D eigenvalue weighted by atomic mass is 9.85. The summed E-state index contributed by atoms with van der Waals surface area (Å²) in [7, 11) is 1.70. The molecule has 3 aromatic carbocycles. The Hall–Kier alpha value is -3.46. The molecule has 0 amide bonds. The van der Waals surface area contributed by atoms with Crippen LogP contribution >= 0.6 is 0 Å². The van der Waals surface area contributed by atoms with E-state index < -0.39 is 0 Å². The molecule has 0 saturated carbocycles. The molecule has 138 valence electrons. The lowest BCUT2D eigenvalue weighted by Gasteiger charge is -2.17. The summed E-state index contributed by atoms with van der Waals surface area (Å²) in [5.41, 5.74) is 6.31. The molecule has 5 aromatic rings. The first kappa shape index (κ1) is 16.7. The van der Waals surface area contributed by atoms with E-state index in [0.717, 1.165) is 12.2 Å². The Morgan fingerprint density at radius 3 is 1.79 bits per heavy atom. The quantitative estimate of drug-likeness (QED) is 0.391. The molecule has 0 radical (unpaired) electrons. The Morgan fingerprint density at radius 2 is 1.25 bits per heavy atom. The summed E-state index contributed by atoms with van der Waals surface area (Å²) in [6.07, 6.45) is 5.26. The molecule has 0 aliphatic rings. The molecule has 2 N–H and O–H groups in total. The lowest BCUT2D eigenvalue weighted by molar-refractivity contribution is 0.414. The maximum absolute atomic E-state index is 5.32. The van der Waals surface area contributed by atoms with Crippen LogP contribution in [0.3, 0.4) is 0 Å². The zero-order valence-corrected chi connectivity index (χ0v) is 15.8. The predicted molar refractivity (Wildman–Crippen MR) is 115 cm³/mol. The van der Waals surface area contributed by atoms with Gasteiger partial charge in [0.25, 0.3) is 0 Å². The summed E-state index contributed by atoms with van der Waals surface area (Å²) >= 11 is 0. The minimum Gasteiger partial charge on any atom is -0.497 e. The number of H-pyrrole nitrogens is 2. The van der Waals surface area contributed by atoms with Gasteiger partial charge in [-0.1, -0.05) is 48.5 Å². The third kappa shape index (κ3) is 2.85. The van der Waals surface area contributed by atoms with E-state index in [1.807, 2.05) is 12.1 Å². The molecule has 2 heterocycles. The monoisotopic (exact) mass is 366 g/mol. The van der Waals surface area contributed by atoms with Crippen LogP contribution in [0.15, 0.2) is 85.2 Å². The minimum atomic E-state index is 0.251. The number of fused-ring (bicyclic) bond motifs is 2. The molecule has 0 saturated heterocycles. The van der Waals surface area contributed by atoms with E-state index in [1.165, 1.54) is 38.5 Å². The van der Waals surface area contributed by atoms with Crippen molar-refractivity contribution >= 4 is 21.8 Å². The zero-order valence-electron chi connectivity index (χ0n) is 15.8. The summed E-state index contributed by atoms with van der Waals surface area (Å²) in [4.78, 5) is 6.90. The van der Waals surface area contributed by atoms with E-state index in [1.54, 1.807) is 7.11 Å². The van der Waals surface area contributed by atoms with Crippen LogP contribution in [0.5, 0.6) is 5.75 Å². The standard InChI is InChI=1S/C25H22N2O/c1-28-18-12-10-17(11-13-18)14-21(22-15-26-24-8-4-2-6-19(22)24)23-16-27-25-9-5-3-7-20(23)25/h2-13,15-16,21,26-27H,14H2,1H3. The number of rotatable bonds is 5. The highest BCUT2D eigenvalue weighted by Crippen LogP contribution is 2.37. The van der Waals surface area contributed by atoms with Crippen LogP contribution in [0.2, 0.25) is 0 Å². The molecule has 2 aromatic heterocycles. The molecule has 3 heteroatoms. The molecule has 0 unspecified atom stereocenters. The van der Waals surface area contributed by atoms with Gasteiger partial charge in [-0.25, -0.2) is 0 Å². The Balaban J connectivity index is 1.65. The molecule has 0 aliphatic carbocycles. The second kappa shape index (κ2) is 6.93. The molecule has 0 aliphatic heterocycles. The average Bonchev–Trinajstić information content (AvgIpc) is 3.37. The van der Waals surface area contributed by atoms with E-state index >= 15 is 0 Å². The van der Waals surface area contributed by atoms with Crippen molar-refractivity contribution in [3.8, 4) is 5.75 Å². The maximum Gasteiger partial charge on any atom is 0.118 e. The van der Waals surface area contributed by atoms with E-state index in [0.29, 0.717) is 0 Å². The third-order valence-electron chi connectivity index (χ3n) is 5.59. The van der Waals surface area contributed by atoms with Crippen molar-refractivity contribution < 1.29 is 4.74 Å². The summed E-state index contributed by atoms with van der Waals surface area (Å²) in [5, 5.41) is 2.57. The Labute approximate surface area is 164 Å². The van der Waals surface area contributed by atoms with Crippen LogP contribution in [0, 0.1) is 0 Å². The molecule has 5 rings (SSSR count). The number of aromatic nitrogens is 2. The molecule has 0 bridgehead atoms. The fraction of sp³-hybridized carbons (Fsp3) is 0.120. The van der Waals surface area contributed by atoms with E-state index in [-0.39, 0.29) is 5.92 Å².